The number of hydrogen-bond acceptors (Lipinski definition) is 3. The van der Waals surface area contributed by atoms with Crippen LogP contribution in [-0.4, -0.2) is 13.3 Å². The molecule has 1 heterocycles. The molecule has 1 aromatic rings. The van der Waals surface area contributed by atoms with E-state index in [9.17, 15) is 0 Å². The summed E-state index contributed by atoms with van der Waals surface area (Å²) in [6.07, 6.45) is 2.03. The zero-order valence-electron chi connectivity index (χ0n) is 9.95. The van der Waals surface area contributed by atoms with Crippen LogP contribution in [-0.2, 0) is 6.42 Å². The van der Waals surface area contributed by atoms with Crippen molar-refractivity contribution in [1.29, 1.82) is 0 Å². The van der Waals surface area contributed by atoms with Crippen molar-refractivity contribution in [2.45, 2.75) is 32.6 Å². The highest BCUT2D eigenvalue weighted by Gasteiger charge is 2.18. The quantitative estimate of drug-likeness (QED) is 0.849. The van der Waals surface area contributed by atoms with Gasteiger partial charge in [-0.05, 0) is 48.6 Å². The van der Waals surface area contributed by atoms with Gasteiger partial charge in [-0.25, -0.2) is 0 Å². The van der Waals surface area contributed by atoms with Gasteiger partial charge in [-0.2, -0.15) is 0 Å². The molecule has 0 bridgehead atoms. The number of aryl methyl sites for hydroxylation is 1. The van der Waals surface area contributed by atoms with Gasteiger partial charge in [0, 0.05) is 0 Å². The normalized spacial score (nSPS) is 13.5. The minimum Gasteiger partial charge on any atom is -0.454 e. The fourth-order valence-electron chi connectivity index (χ4n) is 2.05. The summed E-state index contributed by atoms with van der Waals surface area (Å²) < 4.78 is 10.8. The van der Waals surface area contributed by atoms with Gasteiger partial charge >= 0.3 is 0 Å². The van der Waals surface area contributed by atoms with Gasteiger partial charge in [0.25, 0.3) is 0 Å². The molecule has 0 saturated heterocycles. The van der Waals surface area contributed by atoms with Crippen molar-refractivity contribution in [3.8, 4) is 11.5 Å². The molecule has 2 rings (SSSR count). The second-order valence-electron chi connectivity index (χ2n) is 4.45. The van der Waals surface area contributed by atoms with Crippen LogP contribution in [0.2, 0.25) is 0 Å². The van der Waals surface area contributed by atoms with E-state index in [4.69, 9.17) is 15.2 Å². The van der Waals surface area contributed by atoms with Gasteiger partial charge in [0.1, 0.15) is 0 Å². The molecule has 88 valence electrons. The summed E-state index contributed by atoms with van der Waals surface area (Å²) in [4.78, 5) is 0. The molecule has 2 N–H and O–H groups in total. The van der Waals surface area contributed by atoms with Crippen LogP contribution in [0.5, 0.6) is 11.5 Å². The van der Waals surface area contributed by atoms with Gasteiger partial charge in [0.15, 0.2) is 11.5 Å². The van der Waals surface area contributed by atoms with Gasteiger partial charge < -0.3 is 15.2 Å². The lowest BCUT2D eigenvalue weighted by Crippen LogP contribution is -2.03. The van der Waals surface area contributed by atoms with E-state index >= 15 is 0 Å². The van der Waals surface area contributed by atoms with E-state index in [2.05, 4.69) is 26.0 Å². The standard InChI is InChI=1S/C13H19NO2/c1-9(2)11-7-13-12(15-8-16-13)6-10(11)4-3-5-14/h6-7,9H,3-5,8,14H2,1-2H3. The van der Waals surface area contributed by atoms with Gasteiger partial charge in [-0.15, -0.1) is 0 Å². The predicted molar refractivity (Wildman–Crippen MR) is 64.0 cm³/mol. The van der Waals surface area contributed by atoms with Crippen LogP contribution in [0.25, 0.3) is 0 Å². The van der Waals surface area contributed by atoms with Crippen molar-refractivity contribution >= 4 is 0 Å². The lowest BCUT2D eigenvalue weighted by Gasteiger charge is -2.13. The first-order valence-electron chi connectivity index (χ1n) is 5.85. The minimum absolute atomic E-state index is 0.340. The Labute approximate surface area is 96.5 Å². The number of fused-ring (bicyclic) bond motifs is 1. The van der Waals surface area contributed by atoms with Crippen molar-refractivity contribution in [2.24, 2.45) is 5.73 Å². The highest BCUT2D eigenvalue weighted by molar-refractivity contribution is 5.49. The van der Waals surface area contributed by atoms with Crippen LogP contribution >= 0.6 is 0 Å². The van der Waals surface area contributed by atoms with Gasteiger partial charge in [-0.3, -0.25) is 0 Å². The topological polar surface area (TPSA) is 44.5 Å². The number of rotatable bonds is 4. The Kier molecular flexibility index (Phi) is 3.34. The second kappa shape index (κ2) is 4.74. The van der Waals surface area contributed by atoms with Crippen LogP contribution in [0.4, 0.5) is 0 Å². The highest BCUT2D eigenvalue weighted by Crippen LogP contribution is 2.37. The fraction of sp³-hybridized carbons (Fsp3) is 0.538. The second-order valence-corrected chi connectivity index (χ2v) is 4.45. The molecule has 3 heteroatoms. The van der Waals surface area contributed by atoms with E-state index in [0.717, 1.165) is 30.9 Å². The molecule has 1 aromatic carbocycles. The Hall–Kier alpha value is -1.22. The molecule has 1 aliphatic rings. The van der Waals surface area contributed by atoms with Gasteiger partial charge in [0.2, 0.25) is 6.79 Å². The summed E-state index contributed by atoms with van der Waals surface area (Å²) in [6, 6.07) is 4.21. The SMILES string of the molecule is CC(C)c1cc2c(cc1CCCN)OCO2. The number of hydrogen-bond donors (Lipinski definition) is 1. The van der Waals surface area contributed by atoms with E-state index in [-0.39, 0.29) is 0 Å². The van der Waals surface area contributed by atoms with E-state index in [0.29, 0.717) is 12.7 Å². The largest absolute Gasteiger partial charge is 0.454 e. The molecule has 3 nitrogen and oxygen atoms in total. The summed E-state index contributed by atoms with van der Waals surface area (Å²) in [6.45, 7) is 5.46. The first-order valence-corrected chi connectivity index (χ1v) is 5.85. The Balaban J connectivity index is 2.32. The summed E-state index contributed by atoms with van der Waals surface area (Å²) in [5.74, 6) is 2.25. The molecule has 0 aliphatic carbocycles. The molecule has 1 aliphatic heterocycles. The van der Waals surface area contributed by atoms with Gasteiger partial charge in [0.05, 0.1) is 0 Å². The number of ether oxygens (including phenoxy) is 2. The maximum absolute atomic E-state index is 5.56. The average molecular weight is 221 g/mol. The Morgan fingerprint density at radius 1 is 1.25 bits per heavy atom. The third-order valence-corrected chi connectivity index (χ3v) is 2.91. The van der Waals surface area contributed by atoms with E-state index in [1.807, 2.05) is 0 Å². The number of benzene rings is 1. The molecule has 0 unspecified atom stereocenters. The summed E-state index contributed by atoms with van der Waals surface area (Å²) >= 11 is 0. The lowest BCUT2D eigenvalue weighted by atomic mass is 9.94. The van der Waals surface area contributed by atoms with Crippen molar-refractivity contribution in [2.75, 3.05) is 13.3 Å². The molecule has 0 fully saturated rings. The maximum Gasteiger partial charge on any atom is 0.231 e. The zero-order valence-corrected chi connectivity index (χ0v) is 9.95. The Morgan fingerprint density at radius 2 is 1.94 bits per heavy atom. The molecule has 0 atom stereocenters. The molecule has 0 saturated carbocycles. The first-order chi connectivity index (χ1) is 7.72. The van der Waals surface area contributed by atoms with Crippen LogP contribution in [0.1, 0.15) is 37.3 Å². The Morgan fingerprint density at radius 3 is 2.56 bits per heavy atom. The molecule has 16 heavy (non-hydrogen) atoms. The van der Waals surface area contributed by atoms with E-state index < -0.39 is 0 Å². The Bertz CT molecular complexity index is 374. The molecule has 0 aromatic heterocycles. The van der Waals surface area contributed by atoms with Crippen molar-refractivity contribution in [3.05, 3.63) is 23.3 Å². The summed E-state index contributed by atoms with van der Waals surface area (Å²) in [5, 5.41) is 0. The third-order valence-electron chi connectivity index (χ3n) is 2.91. The average Bonchev–Trinajstić information content (AvgIpc) is 2.71. The van der Waals surface area contributed by atoms with Crippen molar-refractivity contribution in [3.63, 3.8) is 0 Å². The minimum atomic E-state index is 0.340. The summed E-state index contributed by atoms with van der Waals surface area (Å²) in [5.41, 5.74) is 8.24. The summed E-state index contributed by atoms with van der Waals surface area (Å²) in [7, 11) is 0. The van der Waals surface area contributed by atoms with Gasteiger partial charge in [-0.1, -0.05) is 13.8 Å². The predicted octanol–water partition coefficient (Wildman–Crippen LogP) is 2.43. The molecule has 0 amide bonds. The van der Waals surface area contributed by atoms with Crippen LogP contribution in [0, 0.1) is 0 Å². The van der Waals surface area contributed by atoms with Crippen LogP contribution in [0.15, 0.2) is 12.1 Å². The molecular weight excluding hydrogens is 202 g/mol. The highest BCUT2D eigenvalue weighted by atomic mass is 16.7. The zero-order chi connectivity index (χ0) is 11.5. The monoisotopic (exact) mass is 221 g/mol. The van der Waals surface area contributed by atoms with Crippen LogP contribution < -0.4 is 15.2 Å². The number of nitrogens with two attached hydrogens (primary N) is 1. The lowest BCUT2D eigenvalue weighted by molar-refractivity contribution is 0.174. The smallest absolute Gasteiger partial charge is 0.231 e. The molecule has 0 radical (unpaired) electrons. The van der Waals surface area contributed by atoms with Crippen LogP contribution in [0.3, 0.4) is 0 Å². The molecule has 0 spiro atoms. The van der Waals surface area contributed by atoms with Crippen molar-refractivity contribution in [1.82, 2.24) is 0 Å². The maximum atomic E-state index is 5.56. The third kappa shape index (κ3) is 2.14. The van der Waals surface area contributed by atoms with E-state index in [1.165, 1.54) is 11.1 Å². The fourth-order valence-corrected chi connectivity index (χ4v) is 2.05. The first kappa shape index (κ1) is 11.3. The molecular formula is C13H19NO2. The van der Waals surface area contributed by atoms with E-state index in [1.54, 1.807) is 0 Å². The van der Waals surface area contributed by atoms with Crippen molar-refractivity contribution < 1.29 is 9.47 Å².